The van der Waals surface area contributed by atoms with Crippen molar-refractivity contribution in [1.29, 1.82) is 0 Å². The highest BCUT2D eigenvalue weighted by Crippen LogP contribution is 2.11. The minimum Gasteiger partial charge on any atom is -0.323 e. The molecule has 2 rings (SSSR count). The number of tetrazole rings is 1. The van der Waals surface area contributed by atoms with Gasteiger partial charge in [0.25, 0.3) is 0 Å². The molecule has 0 aliphatic heterocycles. The third kappa shape index (κ3) is 1.71. The van der Waals surface area contributed by atoms with Crippen LogP contribution in [-0.2, 0) is 6.54 Å². The van der Waals surface area contributed by atoms with E-state index in [-0.39, 0.29) is 0 Å². The molecule has 1 aromatic heterocycles. The van der Waals surface area contributed by atoms with Gasteiger partial charge in [0.15, 0.2) is 0 Å². The van der Waals surface area contributed by atoms with Gasteiger partial charge in [0.2, 0.25) is 5.95 Å². The highest BCUT2D eigenvalue weighted by Gasteiger charge is 2.02. The van der Waals surface area contributed by atoms with E-state index in [9.17, 15) is 0 Å². The Hall–Kier alpha value is -1.91. The fourth-order valence-electron chi connectivity index (χ4n) is 1.16. The van der Waals surface area contributed by atoms with Crippen LogP contribution in [0.4, 0.5) is 11.6 Å². The van der Waals surface area contributed by atoms with Crippen LogP contribution in [0.1, 0.15) is 6.92 Å². The maximum Gasteiger partial charge on any atom is 0.247 e. The van der Waals surface area contributed by atoms with E-state index in [0.717, 1.165) is 12.2 Å². The average Bonchev–Trinajstić information content (AvgIpc) is 2.67. The summed E-state index contributed by atoms with van der Waals surface area (Å²) in [6.45, 7) is 2.74. The van der Waals surface area contributed by atoms with Gasteiger partial charge in [-0.05, 0) is 29.5 Å². The summed E-state index contributed by atoms with van der Waals surface area (Å²) >= 11 is 0. The molecule has 1 heterocycles. The molecule has 72 valence electrons. The van der Waals surface area contributed by atoms with Crippen LogP contribution in [0.3, 0.4) is 0 Å². The standard InChI is InChI=1S/C9H11N5/c1-2-14-9(11-12-13-14)10-8-6-4-3-5-7-8/h3-7H,2H2,1H3,(H,10,11,13). The lowest BCUT2D eigenvalue weighted by molar-refractivity contribution is 0.632. The van der Waals surface area contributed by atoms with Gasteiger partial charge >= 0.3 is 0 Å². The fraction of sp³-hybridized carbons (Fsp3) is 0.222. The zero-order valence-corrected chi connectivity index (χ0v) is 7.88. The summed E-state index contributed by atoms with van der Waals surface area (Å²) < 4.78 is 1.70. The zero-order chi connectivity index (χ0) is 9.80. The van der Waals surface area contributed by atoms with E-state index in [2.05, 4.69) is 20.8 Å². The lowest BCUT2D eigenvalue weighted by atomic mass is 10.3. The molecule has 0 unspecified atom stereocenters. The molecule has 5 heteroatoms. The van der Waals surface area contributed by atoms with E-state index >= 15 is 0 Å². The van der Waals surface area contributed by atoms with Crippen molar-refractivity contribution >= 4 is 11.6 Å². The molecule has 14 heavy (non-hydrogen) atoms. The minimum absolute atomic E-state index is 0.665. The van der Waals surface area contributed by atoms with E-state index in [1.807, 2.05) is 37.3 Å². The Balaban J connectivity index is 2.19. The molecule has 1 aromatic carbocycles. The molecule has 1 N–H and O–H groups in total. The van der Waals surface area contributed by atoms with Gasteiger partial charge in [-0.3, -0.25) is 0 Å². The maximum atomic E-state index is 3.87. The normalized spacial score (nSPS) is 10.1. The first-order valence-electron chi connectivity index (χ1n) is 4.48. The van der Waals surface area contributed by atoms with E-state index in [4.69, 9.17) is 0 Å². The number of hydrogen-bond donors (Lipinski definition) is 1. The third-order valence-electron chi connectivity index (χ3n) is 1.86. The predicted molar refractivity (Wildman–Crippen MR) is 53.2 cm³/mol. The Morgan fingerprint density at radius 3 is 2.79 bits per heavy atom. The highest BCUT2D eigenvalue weighted by atomic mass is 15.6. The molecule has 2 aromatic rings. The summed E-state index contributed by atoms with van der Waals surface area (Å²) in [5.41, 5.74) is 0.983. The smallest absolute Gasteiger partial charge is 0.247 e. The molecule has 0 bridgehead atoms. The van der Waals surface area contributed by atoms with Crippen molar-refractivity contribution in [3.8, 4) is 0 Å². The second-order valence-corrected chi connectivity index (χ2v) is 2.81. The molecule has 0 aliphatic carbocycles. The quantitative estimate of drug-likeness (QED) is 0.793. The lowest BCUT2D eigenvalue weighted by Gasteiger charge is -2.03. The number of hydrogen-bond acceptors (Lipinski definition) is 4. The van der Waals surface area contributed by atoms with Gasteiger partial charge in [-0.2, -0.15) is 0 Å². The molecule has 0 saturated carbocycles. The largest absolute Gasteiger partial charge is 0.323 e. The summed E-state index contributed by atoms with van der Waals surface area (Å²) in [4.78, 5) is 0. The van der Waals surface area contributed by atoms with Crippen LogP contribution in [0.5, 0.6) is 0 Å². The molecule has 0 spiro atoms. The van der Waals surface area contributed by atoms with Crippen molar-refractivity contribution in [3.63, 3.8) is 0 Å². The van der Waals surface area contributed by atoms with Crippen molar-refractivity contribution in [2.45, 2.75) is 13.5 Å². The molecular weight excluding hydrogens is 178 g/mol. The van der Waals surface area contributed by atoms with Gasteiger partial charge in [0, 0.05) is 12.2 Å². The number of aryl methyl sites for hydroxylation is 1. The monoisotopic (exact) mass is 189 g/mol. The van der Waals surface area contributed by atoms with Gasteiger partial charge in [-0.1, -0.05) is 23.3 Å². The van der Waals surface area contributed by atoms with Gasteiger partial charge < -0.3 is 5.32 Å². The van der Waals surface area contributed by atoms with Crippen LogP contribution in [-0.4, -0.2) is 20.2 Å². The van der Waals surface area contributed by atoms with Crippen LogP contribution < -0.4 is 5.32 Å². The fourth-order valence-corrected chi connectivity index (χ4v) is 1.16. The summed E-state index contributed by atoms with van der Waals surface area (Å²) in [6.07, 6.45) is 0. The van der Waals surface area contributed by atoms with Gasteiger partial charge in [-0.15, -0.1) is 0 Å². The number of rotatable bonds is 3. The van der Waals surface area contributed by atoms with Crippen LogP contribution >= 0.6 is 0 Å². The molecular formula is C9H11N5. The maximum absolute atomic E-state index is 3.87. The molecule has 0 saturated heterocycles. The molecule has 0 amide bonds. The van der Waals surface area contributed by atoms with Crippen LogP contribution in [0.2, 0.25) is 0 Å². The Morgan fingerprint density at radius 1 is 1.29 bits per heavy atom. The van der Waals surface area contributed by atoms with E-state index < -0.39 is 0 Å². The van der Waals surface area contributed by atoms with E-state index in [0.29, 0.717) is 5.95 Å². The lowest BCUT2D eigenvalue weighted by Crippen LogP contribution is -2.03. The average molecular weight is 189 g/mol. The first-order chi connectivity index (χ1) is 6.90. The Kier molecular flexibility index (Phi) is 2.40. The summed E-state index contributed by atoms with van der Waals surface area (Å²) in [6, 6.07) is 9.82. The number of aromatic nitrogens is 4. The Bertz CT molecular complexity index is 395. The van der Waals surface area contributed by atoms with Crippen LogP contribution in [0.15, 0.2) is 30.3 Å². The SMILES string of the molecule is CCn1nnnc1Nc1ccccc1. The number of benzene rings is 1. The predicted octanol–water partition coefficient (Wildman–Crippen LogP) is 1.44. The van der Waals surface area contributed by atoms with Gasteiger partial charge in [-0.25, -0.2) is 4.68 Å². The summed E-state index contributed by atoms with van der Waals surface area (Å²) in [5.74, 6) is 0.665. The second kappa shape index (κ2) is 3.87. The van der Waals surface area contributed by atoms with Gasteiger partial charge in [0.05, 0.1) is 0 Å². The molecule has 0 fully saturated rings. The summed E-state index contributed by atoms with van der Waals surface area (Å²) in [7, 11) is 0. The van der Waals surface area contributed by atoms with Crippen molar-refractivity contribution in [2.24, 2.45) is 0 Å². The van der Waals surface area contributed by atoms with E-state index in [1.54, 1.807) is 4.68 Å². The zero-order valence-electron chi connectivity index (χ0n) is 7.88. The highest BCUT2D eigenvalue weighted by molar-refractivity contribution is 5.52. The Morgan fingerprint density at radius 2 is 2.07 bits per heavy atom. The number of anilines is 2. The van der Waals surface area contributed by atoms with Gasteiger partial charge in [0.1, 0.15) is 0 Å². The number of para-hydroxylation sites is 1. The molecule has 0 radical (unpaired) electrons. The van der Waals surface area contributed by atoms with E-state index in [1.165, 1.54) is 0 Å². The number of nitrogens with zero attached hydrogens (tertiary/aromatic N) is 4. The Labute approximate surface area is 81.8 Å². The minimum atomic E-state index is 0.665. The van der Waals surface area contributed by atoms with Crippen LogP contribution in [0, 0.1) is 0 Å². The molecule has 5 nitrogen and oxygen atoms in total. The topological polar surface area (TPSA) is 55.6 Å². The first kappa shape index (κ1) is 8.68. The van der Waals surface area contributed by atoms with Crippen LogP contribution in [0.25, 0.3) is 0 Å². The third-order valence-corrected chi connectivity index (χ3v) is 1.86. The first-order valence-corrected chi connectivity index (χ1v) is 4.48. The summed E-state index contributed by atoms with van der Waals surface area (Å²) in [5, 5.41) is 14.4. The number of nitrogens with one attached hydrogen (secondary N) is 1. The van der Waals surface area contributed by atoms with Crippen molar-refractivity contribution < 1.29 is 0 Å². The molecule has 0 aliphatic rings. The van der Waals surface area contributed by atoms with Crippen molar-refractivity contribution in [3.05, 3.63) is 30.3 Å². The molecule has 0 atom stereocenters. The second-order valence-electron chi connectivity index (χ2n) is 2.81. The van der Waals surface area contributed by atoms with Crippen molar-refractivity contribution in [2.75, 3.05) is 5.32 Å². The van der Waals surface area contributed by atoms with Crippen molar-refractivity contribution in [1.82, 2.24) is 20.2 Å².